The Bertz CT molecular complexity index is 1200. The first-order valence-electron chi connectivity index (χ1n) is 7.96. The van der Waals surface area contributed by atoms with Crippen LogP contribution in [0.3, 0.4) is 0 Å². The van der Waals surface area contributed by atoms with Gasteiger partial charge < -0.3 is 4.40 Å². The number of nitrogens with zero attached hydrogens (tertiary/aromatic N) is 3. The molecule has 3 heterocycles. The molecule has 4 rings (SSSR count). The highest BCUT2D eigenvalue weighted by atomic mass is 32.2. The molecule has 4 aromatic rings. The number of anilines is 1. The first kappa shape index (κ1) is 16.3. The molecule has 0 radical (unpaired) electrons. The summed E-state index contributed by atoms with van der Waals surface area (Å²) in [6.45, 7) is 0. The molecule has 7 heteroatoms. The van der Waals surface area contributed by atoms with Crippen LogP contribution >= 0.6 is 0 Å². The lowest BCUT2D eigenvalue weighted by atomic mass is 10.0. The molecule has 0 fully saturated rings. The third-order valence-electron chi connectivity index (χ3n) is 3.95. The zero-order chi connectivity index (χ0) is 18.1. The Morgan fingerprint density at radius 1 is 0.962 bits per heavy atom. The van der Waals surface area contributed by atoms with Gasteiger partial charge in [0.2, 0.25) is 10.0 Å². The molecule has 6 nitrogen and oxygen atoms in total. The fourth-order valence-corrected chi connectivity index (χ4v) is 3.45. The van der Waals surface area contributed by atoms with Gasteiger partial charge in [-0.3, -0.25) is 9.71 Å². The molecule has 1 N–H and O–H groups in total. The van der Waals surface area contributed by atoms with E-state index in [1.54, 1.807) is 30.6 Å². The second-order valence-electron chi connectivity index (χ2n) is 5.97. The van der Waals surface area contributed by atoms with Crippen LogP contribution in [0.2, 0.25) is 0 Å². The lowest BCUT2D eigenvalue weighted by Gasteiger charge is -2.11. The van der Waals surface area contributed by atoms with Crippen molar-refractivity contribution in [3.63, 3.8) is 0 Å². The zero-order valence-electron chi connectivity index (χ0n) is 14.0. The first-order valence-corrected chi connectivity index (χ1v) is 9.85. The lowest BCUT2D eigenvalue weighted by Crippen LogP contribution is -2.09. The Labute approximate surface area is 151 Å². The molecule has 0 aliphatic heterocycles. The van der Waals surface area contributed by atoms with E-state index in [1.807, 2.05) is 47.1 Å². The topological polar surface area (TPSA) is 76.4 Å². The summed E-state index contributed by atoms with van der Waals surface area (Å²) in [5.41, 5.74) is 4.95. The molecule has 0 saturated carbocycles. The largest absolute Gasteiger partial charge is 0.306 e. The first-order chi connectivity index (χ1) is 12.5. The molecule has 0 unspecified atom stereocenters. The van der Waals surface area contributed by atoms with Gasteiger partial charge in [-0.1, -0.05) is 18.2 Å². The van der Waals surface area contributed by atoms with E-state index in [1.165, 1.54) is 0 Å². The number of nitrogens with one attached hydrogen (secondary N) is 1. The summed E-state index contributed by atoms with van der Waals surface area (Å²) in [5, 5.41) is 0. The van der Waals surface area contributed by atoms with Gasteiger partial charge in [-0.25, -0.2) is 13.4 Å². The van der Waals surface area contributed by atoms with E-state index < -0.39 is 10.0 Å². The van der Waals surface area contributed by atoms with Crippen molar-refractivity contribution in [1.29, 1.82) is 0 Å². The molecule has 0 amide bonds. The third kappa shape index (κ3) is 3.29. The number of hydrogen-bond acceptors (Lipinski definition) is 4. The maximum Gasteiger partial charge on any atom is 0.229 e. The zero-order valence-corrected chi connectivity index (χ0v) is 14.8. The van der Waals surface area contributed by atoms with Gasteiger partial charge in [0.15, 0.2) is 0 Å². The maximum atomic E-state index is 11.5. The van der Waals surface area contributed by atoms with E-state index in [4.69, 9.17) is 0 Å². The van der Waals surface area contributed by atoms with E-state index in [9.17, 15) is 8.42 Å². The van der Waals surface area contributed by atoms with Gasteiger partial charge in [-0.05, 0) is 30.3 Å². The molecular formula is C19H16N4O2S. The van der Waals surface area contributed by atoms with E-state index in [0.717, 1.165) is 34.3 Å². The highest BCUT2D eigenvalue weighted by Gasteiger charge is 2.11. The van der Waals surface area contributed by atoms with Crippen LogP contribution in [0.15, 0.2) is 73.3 Å². The van der Waals surface area contributed by atoms with Crippen molar-refractivity contribution >= 4 is 21.4 Å². The summed E-state index contributed by atoms with van der Waals surface area (Å²) < 4.78 is 27.5. The molecule has 130 valence electrons. The number of rotatable bonds is 4. The van der Waals surface area contributed by atoms with Crippen molar-refractivity contribution in [3.05, 3.63) is 73.3 Å². The Morgan fingerprint density at radius 2 is 1.85 bits per heavy atom. The second-order valence-corrected chi connectivity index (χ2v) is 7.71. The van der Waals surface area contributed by atoms with Crippen molar-refractivity contribution in [2.24, 2.45) is 0 Å². The summed E-state index contributed by atoms with van der Waals surface area (Å²) in [6.07, 6.45) is 8.51. The summed E-state index contributed by atoms with van der Waals surface area (Å²) in [6, 6.07) is 15.0. The number of benzene rings is 1. The van der Waals surface area contributed by atoms with Crippen LogP contribution in [0, 0.1) is 0 Å². The quantitative estimate of drug-likeness (QED) is 0.602. The maximum absolute atomic E-state index is 11.5. The lowest BCUT2D eigenvalue weighted by molar-refractivity contribution is 0.607. The number of pyridine rings is 2. The Morgan fingerprint density at radius 3 is 2.69 bits per heavy atom. The van der Waals surface area contributed by atoms with Crippen LogP contribution in [0.4, 0.5) is 5.69 Å². The van der Waals surface area contributed by atoms with E-state index in [0.29, 0.717) is 5.69 Å². The Hall–Kier alpha value is -3.19. The number of aromatic nitrogens is 3. The highest BCUT2D eigenvalue weighted by Crippen LogP contribution is 2.31. The summed E-state index contributed by atoms with van der Waals surface area (Å²) in [5.74, 6) is 0. The Balaban J connectivity index is 1.82. The third-order valence-corrected chi connectivity index (χ3v) is 4.55. The van der Waals surface area contributed by atoms with Gasteiger partial charge in [0, 0.05) is 47.2 Å². The molecule has 0 aliphatic carbocycles. The SMILES string of the molecule is CS(=O)(=O)Nc1cccc(-c2ncccc2-c2ccc3nccn3c2)c1. The number of imidazole rings is 1. The standard InChI is InChI=1S/C19H16N4O2S/c1-26(24,25)22-16-5-2-4-14(12-16)19-17(6-3-9-21-19)15-7-8-18-20-10-11-23(18)13-15/h2-13,22H,1H3. The predicted molar refractivity (Wildman–Crippen MR) is 102 cm³/mol. The molecular weight excluding hydrogens is 348 g/mol. The van der Waals surface area contributed by atoms with Gasteiger partial charge in [-0.2, -0.15) is 0 Å². The van der Waals surface area contributed by atoms with Gasteiger partial charge >= 0.3 is 0 Å². The van der Waals surface area contributed by atoms with Crippen LogP contribution in [-0.2, 0) is 10.0 Å². The van der Waals surface area contributed by atoms with Crippen LogP contribution in [0.25, 0.3) is 28.0 Å². The summed E-state index contributed by atoms with van der Waals surface area (Å²) in [7, 11) is -3.34. The van der Waals surface area contributed by atoms with Crippen LogP contribution in [-0.4, -0.2) is 29.0 Å². The van der Waals surface area contributed by atoms with E-state index in [-0.39, 0.29) is 0 Å². The van der Waals surface area contributed by atoms with Crippen molar-refractivity contribution in [1.82, 2.24) is 14.4 Å². The van der Waals surface area contributed by atoms with Gasteiger partial charge in [0.05, 0.1) is 11.9 Å². The summed E-state index contributed by atoms with van der Waals surface area (Å²) >= 11 is 0. The molecule has 0 atom stereocenters. The smallest absolute Gasteiger partial charge is 0.229 e. The minimum absolute atomic E-state index is 0.506. The molecule has 0 saturated heterocycles. The number of sulfonamides is 1. The van der Waals surface area contributed by atoms with Gasteiger partial charge in [-0.15, -0.1) is 0 Å². The van der Waals surface area contributed by atoms with E-state index >= 15 is 0 Å². The molecule has 0 bridgehead atoms. The predicted octanol–water partition coefficient (Wildman–Crippen LogP) is 3.43. The average molecular weight is 364 g/mol. The molecule has 26 heavy (non-hydrogen) atoms. The van der Waals surface area contributed by atoms with Crippen molar-refractivity contribution < 1.29 is 8.42 Å². The molecule has 0 aliphatic rings. The van der Waals surface area contributed by atoms with Crippen molar-refractivity contribution in [2.45, 2.75) is 0 Å². The van der Waals surface area contributed by atoms with Gasteiger partial charge in [0.1, 0.15) is 5.65 Å². The molecule has 1 aromatic carbocycles. The number of hydrogen-bond donors (Lipinski definition) is 1. The van der Waals surface area contributed by atoms with Crippen molar-refractivity contribution in [2.75, 3.05) is 11.0 Å². The molecule has 3 aromatic heterocycles. The highest BCUT2D eigenvalue weighted by molar-refractivity contribution is 7.92. The average Bonchev–Trinajstić information content (AvgIpc) is 3.08. The minimum Gasteiger partial charge on any atom is -0.306 e. The van der Waals surface area contributed by atoms with Crippen LogP contribution in [0.1, 0.15) is 0 Å². The fourth-order valence-electron chi connectivity index (χ4n) is 2.89. The minimum atomic E-state index is -3.34. The summed E-state index contributed by atoms with van der Waals surface area (Å²) in [4.78, 5) is 8.79. The normalized spacial score (nSPS) is 11.6. The monoisotopic (exact) mass is 364 g/mol. The Kier molecular flexibility index (Phi) is 3.93. The second kappa shape index (κ2) is 6.27. The number of fused-ring (bicyclic) bond motifs is 1. The van der Waals surface area contributed by atoms with E-state index in [2.05, 4.69) is 14.7 Å². The molecule has 0 spiro atoms. The van der Waals surface area contributed by atoms with Crippen molar-refractivity contribution in [3.8, 4) is 22.4 Å². The van der Waals surface area contributed by atoms with Crippen LogP contribution in [0.5, 0.6) is 0 Å². The fraction of sp³-hybridized carbons (Fsp3) is 0.0526. The van der Waals surface area contributed by atoms with Crippen LogP contribution < -0.4 is 4.72 Å². The van der Waals surface area contributed by atoms with Gasteiger partial charge in [0.25, 0.3) is 0 Å².